The van der Waals surface area contributed by atoms with E-state index in [0.717, 1.165) is 12.1 Å². The van der Waals surface area contributed by atoms with Crippen molar-refractivity contribution < 1.29 is 14.3 Å². The molecule has 2 amide bonds. The van der Waals surface area contributed by atoms with Crippen molar-refractivity contribution >= 4 is 40.1 Å². The number of nitrogens with one attached hydrogen (secondary N) is 2. The predicted molar refractivity (Wildman–Crippen MR) is 118 cm³/mol. The second kappa shape index (κ2) is 9.60. The molecule has 29 heavy (non-hydrogen) atoms. The zero-order valence-electron chi connectivity index (χ0n) is 16.8. The number of ether oxygens (including phenoxy) is 1. The quantitative estimate of drug-likeness (QED) is 0.705. The number of thioether (sulfide) groups is 1. The third-order valence-electron chi connectivity index (χ3n) is 4.83. The van der Waals surface area contributed by atoms with Gasteiger partial charge in [0.15, 0.2) is 5.17 Å². The van der Waals surface area contributed by atoms with E-state index < -0.39 is 5.25 Å². The SMILES string of the molecule is CC[C@@H](C)c1ccc(N=C2NC(=O)[C@@H](CC(=O)Nc3ccccc3OC)S2)cc1. The molecular formula is C22H25N3O3S. The second-order valence-corrected chi connectivity index (χ2v) is 8.06. The van der Waals surface area contributed by atoms with Crippen molar-refractivity contribution in [3.05, 3.63) is 54.1 Å². The fourth-order valence-corrected chi connectivity index (χ4v) is 3.93. The number of rotatable bonds is 7. The number of nitrogens with zero attached hydrogens (tertiary/aromatic N) is 1. The van der Waals surface area contributed by atoms with Crippen LogP contribution in [0, 0.1) is 0 Å². The first kappa shape index (κ1) is 20.9. The van der Waals surface area contributed by atoms with E-state index in [1.165, 1.54) is 17.3 Å². The minimum atomic E-state index is -0.511. The predicted octanol–water partition coefficient (Wildman–Crippen LogP) is 4.46. The maximum absolute atomic E-state index is 12.4. The highest BCUT2D eigenvalue weighted by atomic mass is 32.2. The summed E-state index contributed by atoms with van der Waals surface area (Å²) in [6, 6.07) is 15.2. The molecule has 7 heteroatoms. The van der Waals surface area contributed by atoms with E-state index in [2.05, 4.69) is 41.6 Å². The Balaban J connectivity index is 1.61. The molecule has 1 aliphatic heterocycles. The molecule has 0 aromatic heterocycles. The highest BCUT2D eigenvalue weighted by Gasteiger charge is 2.32. The Labute approximate surface area is 175 Å². The summed E-state index contributed by atoms with van der Waals surface area (Å²) in [4.78, 5) is 29.1. The molecule has 1 saturated heterocycles. The maximum atomic E-state index is 12.4. The number of hydrogen-bond donors (Lipinski definition) is 2. The molecule has 0 aliphatic carbocycles. The fraction of sp³-hybridized carbons (Fsp3) is 0.318. The molecule has 1 aliphatic rings. The van der Waals surface area contributed by atoms with E-state index in [0.29, 0.717) is 22.5 Å². The zero-order chi connectivity index (χ0) is 20.8. The van der Waals surface area contributed by atoms with E-state index in [4.69, 9.17) is 4.74 Å². The van der Waals surface area contributed by atoms with Gasteiger partial charge in [-0.2, -0.15) is 0 Å². The van der Waals surface area contributed by atoms with Gasteiger partial charge in [0.2, 0.25) is 11.8 Å². The maximum Gasteiger partial charge on any atom is 0.240 e. The molecular weight excluding hydrogens is 386 g/mol. The van der Waals surface area contributed by atoms with Crippen molar-refractivity contribution in [3.63, 3.8) is 0 Å². The lowest BCUT2D eigenvalue weighted by atomic mass is 9.99. The lowest BCUT2D eigenvalue weighted by Gasteiger charge is -2.10. The Morgan fingerprint density at radius 2 is 1.97 bits per heavy atom. The summed E-state index contributed by atoms with van der Waals surface area (Å²) in [7, 11) is 1.55. The topological polar surface area (TPSA) is 79.8 Å². The number of methoxy groups -OCH3 is 1. The standard InChI is InChI=1S/C22H25N3O3S/c1-4-14(2)15-9-11-16(12-10-15)23-22-25-21(27)19(29-22)13-20(26)24-17-7-5-6-8-18(17)28-3/h5-12,14,19H,4,13H2,1-3H3,(H,24,26)(H,23,25,27)/t14-,19-/m1/s1. The molecule has 6 nitrogen and oxygen atoms in total. The van der Waals surface area contributed by atoms with Crippen molar-refractivity contribution in [1.29, 1.82) is 0 Å². The van der Waals surface area contributed by atoms with Crippen molar-refractivity contribution in [3.8, 4) is 5.75 Å². The van der Waals surface area contributed by atoms with Gasteiger partial charge in [-0.3, -0.25) is 9.59 Å². The number of carbonyl (C=O) groups excluding carboxylic acids is 2. The molecule has 0 spiro atoms. The average molecular weight is 412 g/mol. The first-order valence-electron chi connectivity index (χ1n) is 9.59. The van der Waals surface area contributed by atoms with Gasteiger partial charge in [-0.25, -0.2) is 4.99 Å². The molecule has 152 valence electrons. The number of amides is 2. The van der Waals surface area contributed by atoms with Crippen molar-refractivity contribution in [1.82, 2.24) is 5.32 Å². The van der Waals surface area contributed by atoms with Crippen LogP contribution in [0.25, 0.3) is 0 Å². The van der Waals surface area contributed by atoms with Crippen LogP contribution in [0.3, 0.4) is 0 Å². The van der Waals surface area contributed by atoms with Crippen LogP contribution in [-0.4, -0.2) is 29.3 Å². The molecule has 3 rings (SSSR count). The summed E-state index contributed by atoms with van der Waals surface area (Å²) in [5, 5.41) is 5.56. The van der Waals surface area contributed by atoms with E-state index in [1.54, 1.807) is 19.2 Å². The summed E-state index contributed by atoms with van der Waals surface area (Å²) in [6.45, 7) is 4.35. The van der Waals surface area contributed by atoms with Crippen LogP contribution in [0.4, 0.5) is 11.4 Å². The Morgan fingerprint density at radius 3 is 2.66 bits per heavy atom. The lowest BCUT2D eigenvalue weighted by Crippen LogP contribution is -2.28. The second-order valence-electron chi connectivity index (χ2n) is 6.87. The molecule has 0 radical (unpaired) electrons. The van der Waals surface area contributed by atoms with Crippen molar-refractivity contribution in [2.75, 3.05) is 12.4 Å². The van der Waals surface area contributed by atoms with E-state index in [9.17, 15) is 9.59 Å². The summed E-state index contributed by atoms with van der Waals surface area (Å²) >= 11 is 1.27. The number of aliphatic imine (C=N–C) groups is 1. The van der Waals surface area contributed by atoms with Gasteiger partial charge < -0.3 is 15.4 Å². The Hall–Kier alpha value is -2.80. The molecule has 1 fully saturated rings. The van der Waals surface area contributed by atoms with Crippen LogP contribution in [-0.2, 0) is 9.59 Å². The summed E-state index contributed by atoms with van der Waals surface area (Å²) in [5.41, 5.74) is 2.63. The summed E-state index contributed by atoms with van der Waals surface area (Å²) in [5.74, 6) is 0.623. The number of hydrogen-bond acceptors (Lipinski definition) is 5. The third kappa shape index (κ3) is 5.38. The van der Waals surface area contributed by atoms with Crippen LogP contribution in [0.2, 0.25) is 0 Å². The van der Waals surface area contributed by atoms with Gasteiger partial charge in [0.25, 0.3) is 0 Å². The van der Waals surface area contributed by atoms with Gasteiger partial charge in [0.1, 0.15) is 11.0 Å². The number of anilines is 1. The zero-order valence-corrected chi connectivity index (χ0v) is 17.6. The monoisotopic (exact) mass is 411 g/mol. The van der Waals surface area contributed by atoms with Crippen LogP contribution < -0.4 is 15.4 Å². The first-order chi connectivity index (χ1) is 14.0. The Kier molecular flexibility index (Phi) is 6.93. The van der Waals surface area contributed by atoms with Crippen molar-refractivity contribution in [2.24, 2.45) is 4.99 Å². The van der Waals surface area contributed by atoms with Gasteiger partial charge >= 0.3 is 0 Å². The molecule has 0 unspecified atom stereocenters. The minimum Gasteiger partial charge on any atom is -0.495 e. The average Bonchev–Trinajstić information content (AvgIpc) is 3.06. The number of amidine groups is 1. The van der Waals surface area contributed by atoms with E-state index >= 15 is 0 Å². The summed E-state index contributed by atoms with van der Waals surface area (Å²) in [6.07, 6.45) is 1.14. The van der Waals surface area contributed by atoms with Gasteiger partial charge in [0, 0.05) is 6.42 Å². The Bertz CT molecular complexity index is 912. The van der Waals surface area contributed by atoms with Crippen LogP contribution in [0.1, 0.15) is 38.2 Å². The molecule has 2 aromatic carbocycles. The highest BCUT2D eigenvalue weighted by molar-refractivity contribution is 8.15. The molecule has 2 atom stereocenters. The highest BCUT2D eigenvalue weighted by Crippen LogP contribution is 2.28. The largest absolute Gasteiger partial charge is 0.495 e. The molecule has 1 heterocycles. The molecule has 0 bridgehead atoms. The van der Waals surface area contributed by atoms with E-state index in [1.807, 2.05) is 24.3 Å². The lowest BCUT2D eigenvalue weighted by molar-refractivity contribution is -0.122. The van der Waals surface area contributed by atoms with Gasteiger partial charge in [0.05, 0.1) is 18.5 Å². The normalized spacial score (nSPS) is 18.4. The number of benzene rings is 2. The van der Waals surface area contributed by atoms with Gasteiger partial charge in [-0.15, -0.1) is 0 Å². The Morgan fingerprint density at radius 1 is 1.24 bits per heavy atom. The van der Waals surface area contributed by atoms with Crippen LogP contribution >= 0.6 is 11.8 Å². The molecule has 2 N–H and O–H groups in total. The smallest absolute Gasteiger partial charge is 0.240 e. The van der Waals surface area contributed by atoms with Crippen LogP contribution in [0.5, 0.6) is 5.75 Å². The van der Waals surface area contributed by atoms with Gasteiger partial charge in [-0.1, -0.05) is 49.9 Å². The summed E-state index contributed by atoms with van der Waals surface area (Å²) < 4.78 is 5.23. The molecule has 2 aromatic rings. The van der Waals surface area contributed by atoms with Gasteiger partial charge in [-0.05, 0) is 42.2 Å². The number of carbonyl (C=O) groups is 2. The van der Waals surface area contributed by atoms with E-state index in [-0.39, 0.29) is 18.2 Å². The third-order valence-corrected chi connectivity index (χ3v) is 5.92. The number of para-hydroxylation sites is 2. The minimum absolute atomic E-state index is 0.0561. The van der Waals surface area contributed by atoms with Crippen molar-refractivity contribution in [2.45, 2.75) is 37.9 Å². The first-order valence-corrected chi connectivity index (χ1v) is 10.5. The molecule has 0 saturated carbocycles. The fourth-order valence-electron chi connectivity index (χ4n) is 2.94. The van der Waals surface area contributed by atoms with Crippen LogP contribution in [0.15, 0.2) is 53.5 Å².